The van der Waals surface area contributed by atoms with Crippen molar-refractivity contribution in [2.75, 3.05) is 0 Å². The van der Waals surface area contributed by atoms with Crippen molar-refractivity contribution in [2.24, 2.45) is 11.8 Å². The van der Waals surface area contributed by atoms with Gasteiger partial charge in [0.2, 0.25) is 0 Å². The molecule has 1 aromatic carbocycles. The Morgan fingerprint density at radius 3 is 2.75 bits per heavy atom. The molecule has 4 heteroatoms. The Morgan fingerprint density at radius 1 is 1.35 bits per heavy atom. The lowest BCUT2D eigenvalue weighted by atomic mass is 9.78. The van der Waals surface area contributed by atoms with Crippen LogP contribution in [-0.4, -0.2) is 17.1 Å². The van der Waals surface area contributed by atoms with E-state index in [0.29, 0.717) is 16.9 Å². The van der Waals surface area contributed by atoms with Crippen LogP contribution < -0.4 is 5.32 Å². The number of benzene rings is 1. The van der Waals surface area contributed by atoms with Crippen LogP contribution in [0.5, 0.6) is 5.75 Å². The second kappa shape index (κ2) is 6.49. The molecule has 0 aliphatic heterocycles. The maximum Gasteiger partial charge on any atom is 0.255 e. The van der Waals surface area contributed by atoms with Crippen molar-refractivity contribution in [3.63, 3.8) is 0 Å². The van der Waals surface area contributed by atoms with Gasteiger partial charge < -0.3 is 10.4 Å². The Kier molecular flexibility index (Phi) is 4.92. The maximum absolute atomic E-state index is 12.3. The molecule has 1 aliphatic rings. The molecule has 0 aromatic heterocycles. The molecule has 1 amide bonds. The Bertz CT molecular complexity index is 487. The molecule has 2 N–H and O–H groups in total. The first-order valence-electron chi connectivity index (χ1n) is 7.28. The van der Waals surface area contributed by atoms with E-state index in [1.807, 2.05) is 0 Å². The zero-order valence-corrected chi connectivity index (χ0v) is 12.8. The molecular weight excluding hydrogens is 274 g/mol. The van der Waals surface area contributed by atoms with E-state index in [1.54, 1.807) is 6.07 Å². The lowest BCUT2D eigenvalue weighted by Crippen LogP contribution is -2.43. The van der Waals surface area contributed by atoms with Crippen molar-refractivity contribution < 1.29 is 9.90 Å². The van der Waals surface area contributed by atoms with Crippen LogP contribution in [0.2, 0.25) is 5.02 Å². The number of halogens is 1. The van der Waals surface area contributed by atoms with Crippen molar-refractivity contribution in [2.45, 2.75) is 45.6 Å². The van der Waals surface area contributed by atoms with E-state index in [4.69, 9.17) is 11.6 Å². The summed E-state index contributed by atoms with van der Waals surface area (Å²) in [4.78, 5) is 12.3. The molecule has 3 nitrogen and oxygen atoms in total. The molecular formula is C16H22ClNO2. The molecule has 0 radical (unpaired) electrons. The molecule has 1 saturated carbocycles. The summed E-state index contributed by atoms with van der Waals surface area (Å²) in [5, 5.41) is 13.3. The number of phenolic OH excluding ortho intramolecular Hbond substituents is 1. The molecule has 0 spiro atoms. The summed E-state index contributed by atoms with van der Waals surface area (Å²) in [6.45, 7) is 4.40. The number of phenols is 1. The Morgan fingerprint density at radius 2 is 2.05 bits per heavy atom. The Balaban J connectivity index is 2.11. The molecule has 2 rings (SSSR count). The lowest BCUT2D eigenvalue weighted by Gasteiger charge is -2.35. The van der Waals surface area contributed by atoms with Crippen LogP contribution >= 0.6 is 11.6 Å². The molecule has 2 atom stereocenters. The fourth-order valence-electron chi connectivity index (χ4n) is 3.07. The minimum atomic E-state index is -0.234. The smallest absolute Gasteiger partial charge is 0.255 e. The molecule has 1 aliphatic carbocycles. The summed E-state index contributed by atoms with van der Waals surface area (Å²) < 4.78 is 0. The third-order valence-electron chi connectivity index (χ3n) is 4.20. The molecule has 0 saturated heterocycles. The Labute approximate surface area is 125 Å². The molecule has 1 aromatic rings. The fourth-order valence-corrected chi connectivity index (χ4v) is 3.25. The monoisotopic (exact) mass is 295 g/mol. The highest BCUT2D eigenvalue weighted by Gasteiger charge is 2.29. The number of amides is 1. The normalized spacial score (nSPS) is 22.8. The molecule has 0 heterocycles. The van der Waals surface area contributed by atoms with Gasteiger partial charge in [0.05, 0.1) is 5.56 Å². The van der Waals surface area contributed by atoms with Gasteiger partial charge in [0.1, 0.15) is 5.75 Å². The van der Waals surface area contributed by atoms with E-state index in [0.717, 1.165) is 19.3 Å². The average molecular weight is 296 g/mol. The van der Waals surface area contributed by atoms with Gasteiger partial charge >= 0.3 is 0 Å². The summed E-state index contributed by atoms with van der Waals surface area (Å²) in [6.07, 6.45) is 4.55. The SMILES string of the molecule is CC(C)C1CCCCC1NC(=O)c1cc(Cl)ccc1O. The van der Waals surface area contributed by atoms with Gasteiger partial charge in [0, 0.05) is 11.1 Å². The van der Waals surface area contributed by atoms with Crippen LogP contribution in [0.3, 0.4) is 0 Å². The van der Waals surface area contributed by atoms with Gasteiger partial charge in [-0.2, -0.15) is 0 Å². The van der Waals surface area contributed by atoms with Gasteiger partial charge in [-0.15, -0.1) is 0 Å². The Hall–Kier alpha value is -1.22. The zero-order chi connectivity index (χ0) is 14.7. The number of hydrogen-bond donors (Lipinski definition) is 2. The maximum atomic E-state index is 12.3. The molecule has 2 unspecified atom stereocenters. The number of nitrogens with one attached hydrogen (secondary N) is 1. The summed E-state index contributed by atoms with van der Waals surface area (Å²) in [6, 6.07) is 4.73. The van der Waals surface area contributed by atoms with E-state index < -0.39 is 0 Å². The van der Waals surface area contributed by atoms with Crippen molar-refractivity contribution >= 4 is 17.5 Å². The highest BCUT2D eigenvalue weighted by molar-refractivity contribution is 6.31. The van der Waals surface area contributed by atoms with Crippen LogP contribution in [0.1, 0.15) is 49.9 Å². The molecule has 20 heavy (non-hydrogen) atoms. The topological polar surface area (TPSA) is 49.3 Å². The van der Waals surface area contributed by atoms with E-state index in [1.165, 1.54) is 18.6 Å². The van der Waals surface area contributed by atoms with Gasteiger partial charge in [-0.25, -0.2) is 0 Å². The first-order valence-corrected chi connectivity index (χ1v) is 7.66. The van der Waals surface area contributed by atoms with Crippen molar-refractivity contribution in [3.8, 4) is 5.75 Å². The van der Waals surface area contributed by atoms with Gasteiger partial charge in [0.15, 0.2) is 0 Å². The summed E-state index contributed by atoms with van der Waals surface area (Å²) in [5.74, 6) is 0.800. The van der Waals surface area contributed by atoms with Gasteiger partial charge in [-0.3, -0.25) is 4.79 Å². The largest absolute Gasteiger partial charge is 0.507 e. The molecule has 1 fully saturated rings. The van der Waals surface area contributed by atoms with E-state index >= 15 is 0 Å². The van der Waals surface area contributed by atoms with Gasteiger partial charge in [-0.05, 0) is 42.9 Å². The van der Waals surface area contributed by atoms with Crippen molar-refractivity contribution in [1.29, 1.82) is 0 Å². The second-order valence-corrected chi connectivity index (χ2v) is 6.37. The van der Waals surface area contributed by atoms with Crippen LogP contribution in [0.25, 0.3) is 0 Å². The standard InChI is InChI=1S/C16H22ClNO2/c1-10(2)12-5-3-4-6-14(12)18-16(20)13-9-11(17)7-8-15(13)19/h7-10,12,14,19H,3-6H2,1-2H3,(H,18,20). The minimum absolute atomic E-state index is 0.0243. The summed E-state index contributed by atoms with van der Waals surface area (Å²) in [5.41, 5.74) is 0.255. The first kappa shape index (κ1) is 15.2. The predicted molar refractivity (Wildman–Crippen MR) is 81.2 cm³/mol. The fraction of sp³-hybridized carbons (Fsp3) is 0.562. The molecule has 110 valence electrons. The number of hydrogen-bond acceptors (Lipinski definition) is 2. The van der Waals surface area contributed by atoms with Crippen molar-refractivity contribution in [1.82, 2.24) is 5.32 Å². The van der Waals surface area contributed by atoms with Crippen LogP contribution in [0.4, 0.5) is 0 Å². The van der Waals surface area contributed by atoms with E-state index in [2.05, 4.69) is 19.2 Å². The van der Waals surface area contributed by atoms with Crippen LogP contribution in [0, 0.1) is 11.8 Å². The van der Waals surface area contributed by atoms with Crippen LogP contribution in [0.15, 0.2) is 18.2 Å². The number of rotatable bonds is 3. The van der Waals surface area contributed by atoms with Crippen LogP contribution in [-0.2, 0) is 0 Å². The summed E-state index contributed by atoms with van der Waals surface area (Å²) in [7, 11) is 0. The number of aromatic hydroxyl groups is 1. The van der Waals surface area contributed by atoms with Gasteiger partial charge in [-0.1, -0.05) is 38.3 Å². The zero-order valence-electron chi connectivity index (χ0n) is 12.0. The average Bonchev–Trinajstić information content (AvgIpc) is 2.41. The third kappa shape index (κ3) is 3.45. The predicted octanol–water partition coefficient (Wildman–Crippen LogP) is 3.99. The minimum Gasteiger partial charge on any atom is -0.507 e. The quantitative estimate of drug-likeness (QED) is 0.886. The van der Waals surface area contributed by atoms with E-state index in [9.17, 15) is 9.90 Å². The highest BCUT2D eigenvalue weighted by Crippen LogP contribution is 2.31. The lowest BCUT2D eigenvalue weighted by molar-refractivity contribution is 0.0886. The van der Waals surface area contributed by atoms with E-state index in [-0.39, 0.29) is 23.3 Å². The number of carbonyl (C=O) groups is 1. The third-order valence-corrected chi connectivity index (χ3v) is 4.43. The van der Waals surface area contributed by atoms with Crippen molar-refractivity contribution in [3.05, 3.63) is 28.8 Å². The highest BCUT2D eigenvalue weighted by atomic mass is 35.5. The summed E-state index contributed by atoms with van der Waals surface area (Å²) >= 11 is 5.89. The second-order valence-electron chi connectivity index (χ2n) is 5.93. The first-order chi connectivity index (χ1) is 9.49. The molecule has 0 bridgehead atoms. The van der Waals surface area contributed by atoms with Gasteiger partial charge in [0.25, 0.3) is 5.91 Å². The number of carbonyl (C=O) groups excluding carboxylic acids is 1.